The first-order valence-electron chi connectivity index (χ1n) is 10.5. The van der Waals surface area contributed by atoms with Crippen LogP contribution in [0.4, 0.5) is 18.9 Å². The van der Waals surface area contributed by atoms with Crippen LogP contribution in [-0.4, -0.2) is 25.0 Å². The summed E-state index contributed by atoms with van der Waals surface area (Å²) in [5.41, 5.74) is -1.04. The number of nitrogens with one attached hydrogen (secondary N) is 2. The van der Waals surface area contributed by atoms with Crippen molar-refractivity contribution in [3.8, 4) is 17.2 Å². The summed E-state index contributed by atoms with van der Waals surface area (Å²) in [6, 6.07) is 12.5. The predicted octanol–water partition coefficient (Wildman–Crippen LogP) is 5.64. The molecule has 0 fully saturated rings. The average molecular weight is 476 g/mol. The highest BCUT2D eigenvalue weighted by molar-refractivity contribution is 5.93. The average Bonchev–Trinajstić information content (AvgIpc) is 3.34. The fourth-order valence-corrected chi connectivity index (χ4v) is 2.95. The zero-order chi connectivity index (χ0) is 24.6. The van der Waals surface area contributed by atoms with E-state index in [1.807, 2.05) is 6.92 Å². The largest absolute Gasteiger partial charge is 0.494 e. The molecule has 10 heteroatoms. The van der Waals surface area contributed by atoms with E-state index in [9.17, 15) is 22.8 Å². The van der Waals surface area contributed by atoms with Crippen LogP contribution >= 0.6 is 0 Å². The summed E-state index contributed by atoms with van der Waals surface area (Å²) in [5.74, 6) is 0.229. The van der Waals surface area contributed by atoms with E-state index in [0.717, 1.165) is 18.2 Å². The Morgan fingerprint density at radius 3 is 2.41 bits per heavy atom. The molecule has 0 aliphatic rings. The third kappa shape index (κ3) is 7.03. The Hall–Kier alpha value is -3.95. The van der Waals surface area contributed by atoms with Gasteiger partial charge in [-0.05, 0) is 67.9 Å². The second-order valence-corrected chi connectivity index (χ2v) is 7.10. The van der Waals surface area contributed by atoms with Crippen LogP contribution in [0.5, 0.6) is 17.2 Å². The van der Waals surface area contributed by atoms with E-state index in [4.69, 9.17) is 13.9 Å². The number of anilines is 1. The Balaban J connectivity index is 1.64. The van der Waals surface area contributed by atoms with E-state index in [1.165, 1.54) is 12.3 Å². The van der Waals surface area contributed by atoms with Crippen LogP contribution in [0, 0.1) is 0 Å². The van der Waals surface area contributed by atoms with Crippen LogP contribution in [-0.2, 0) is 11.0 Å². The fraction of sp³-hybridized carbons (Fsp3) is 0.250. The normalized spacial score (nSPS) is 11.1. The van der Waals surface area contributed by atoms with Gasteiger partial charge in [-0.25, -0.2) is 0 Å². The number of carbonyl (C=O) groups is 2. The van der Waals surface area contributed by atoms with Gasteiger partial charge in [0.2, 0.25) is 5.91 Å². The molecule has 0 unspecified atom stereocenters. The Morgan fingerprint density at radius 1 is 1.03 bits per heavy atom. The first-order valence-corrected chi connectivity index (χ1v) is 10.5. The van der Waals surface area contributed by atoms with Gasteiger partial charge in [-0.2, -0.15) is 13.2 Å². The molecule has 2 amide bonds. The second kappa shape index (κ2) is 11.3. The van der Waals surface area contributed by atoms with Crippen molar-refractivity contribution < 1.29 is 36.7 Å². The van der Waals surface area contributed by atoms with E-state index in [-0.39, 0.29) is 36.6 Å². The van der Waals surface area contributed by atoms with Gasteiger partial charge in [-0.3, -0.25) is 9.59 Å². The number of rotatable bonds is 10. The molecule has 0 atom stereocenters. The van der Waals surface area contributed by atoms with Crippen molar-refractivity contribution in [1.82, 2.24) is 5.32 Å². The Kier molecular flexibility index (Phi) is 8.18. The minimum atomic E-state index is -4.59. The molecule has 2 aromatic carbocycles. The number of furan rings is 1. The lowest BCUT2D eigenvalue weighted by molar-refractivity contribution is -0.137. The minimum absolute atomic E-state index is 0.0306. The molecular formula is C24H23F3N2O5. The maximum atomic E-state index is 13.2. The van der Waals surface area contributed by atoms with E-state index >= 15 is 0 Å². The first kappa shape index (κ1) is 24.7. The lowest BCUT2D eigenvalue weighted by atomic mass is 10.1. The van der Waals surface area contributed by atoms with Crippen molar-refractivity contribution in [2.45, 2.75) is 25.9 Å². The highest BCUT2D eigenvalue weighted by atomic mass is 19.4. The van der Waals surface area contributed by atoms with Crippen molar-refractivity contribution in [3.63, 3.8) is 0 Å². The van der Waals surface area contributed by atoms with Gasteiger partial charge in [0.15, 0.2) is 11.5 Å². The molecule has 0 aliphatic carbocycles. The van der Waals surface area contributed by atoms with Gasteiger partial charge >= 0.3 is 6.18 Å². The molecule has 0 aliphatic heterocycles. The highest BCUT2D eigenvalue weighted by Crippen LogP contribution is 2.37. The summed E-state index contributed by atoms with van der Waals surface area (Å²) in [5, 5.41) is 5.07. The zero-order valence-electron chi connectivity index (χ0n) is 18.3. The van der Waals surface area contributed by atoms with Crippen LogP contribution in [0.3, 0.4) is 0 Å². The third-order valence-electron chi connectivity index (χ3n) is 4.55. The smallest absolute Gasteiger partial charge is 0.416 e. The Bertz CT molecular complexity index is 1100. The molecule has 0 saturated heterocycles. The van der Waals surface area contributed by atoms with Crippen LogP contribution < -0.4 is 20.1 Å². The van der Waals surface area contributed by atoms with E-state index in [2.05, 4.69) is 10.6 Å². The number of halogens is 3. The number of ether oxygens (including phenoxy) is 2. The van der Waals surface area contributed by atoms with Crippen molar-refractivity contribution in [2.24, 2.45) is 0 Å². The van der Waals surface area contributed by atoms with Gasteiger partial charge in [0, 0.05) is 13.0 Å². The number of alkyl halides is 3. The van der Waals surface area contributed by atoms with E-state index in [1.54, 1.807) is 30.3 Å². The summed E-state index contributed by atoms with van der Waals surface area (Å²) in [4.78, 5) is 24.2. The molecule has 1 aromatic heterocycles. The van der Waals surface area contributed by atoms with Gasteiger partial charge in [-0.15, -0.1) is 0 Å². The van der Waals surface area contributed by atoms with E-state index in [0.29, 0.717) is 18.1 Å². The molecule has 0 saturated carbocycles. The van der Waals surface area contributed by atoms with Crippen LogP contribution in [0.2, 0.25) is 0 Å². The number of benzene rings is 2. The minimum Gasteiger partial charge on any atom is -0.494 e. The Morgan fingerprint density at radius 2 is 1.76 bits per heavy atom. The summed E-state index contributed by atoms with van der Waals surface area (Å²) < 4.78 is 55.6. The third-order valence-corrected chi connectivity index (χ3v) is 4.55. The summed E-state index contributed by atoms with van der Waals surface area (Å²) in [7, 11) is 0. The van der Waals surface area contributed by atoms with E-state index < -0.39 is 23.6 Å². The predicted molar refractivity (Wildman–Crippen MR) is 118 cm³/mol. The Labute approximate surface area is 193 Å². The van der Waals surface area contributed by atoms with Gasteiger partial charge in [0.05, 0.1) is 24.1 Å². The topological polar surface area (TPSA) is 89.8 Å². The molecular weight excluding hydrogens is 453 g/mol. The quantitative estimate of drug-likeness (QED) is 0.370. The van der Waals surface area contributed by atoms with Crippen molar-refractivity contribution in [3.05, 3.63) is 72.2 Å². The van der Waals surface area contributed by atoms with Gasteiger partial charge < -0.3 is 24.5 Å². The molecule has 0 bridgehead atoms. The van der Waals surface area contributed by atoms with Gasteiger partial charge in [-0.1, -0.05) is 0 Å². The molecule has 34 heavy (non-hydrogen) atoms. The molecule has 180 valence electrons. The maximum absolute atomic E-state index is 13.2. The second-order valence-electron chi connectivity index (χ2n) is 7.10. The molecule has 2 N–H and O–H groups in total. The molecule has 0 radical (unpaired) electrons. The monoisotopic (exact) mass is 476 g/mol. The molecule has 3 rings (SSSR count). The lowest BCUT2D eigenvalue weighted by Gasteiger charge is -2.15. The molecule has 3 aromatic rings. The van der Waals surface area contributed by atoms with Crippen molar-refractivity contribution in [2.75, 3.05) is 18.5 Å². The van der Waals surface area contributed by atoms with Crippen molar-refractivity contribution >= 4 is 17.5 Å². The SMILES string of the molecule is CCOc1ccc(Oc2ccc(C(F)(F)F)cc2NC(=O)CCCNC(=O)c2ccco2)cc1. The summed E-state index contributed by atoms with van der Waals surface area (Å²) in [6.07, 6.45) is -2.98. The number of carbonyl (C=O) groups excluding carboxylic acids is 2. The summed E-state index contributed by atoms with van der Waals surface area (Å²) in [6.45, 7) is 2.52. The van der Waals surface area contributed by atoms with Crippen LogP contribution in [0.25, 0.3) is 0 Å². The van der Waals surface area contributed by atoms with Gasteiger partial charge in [0.25, 0.3) is 5.91 Å². The fourth-order valence-electron chi connectivity index (χ4n) is 2.95. The lowest BCUT2D eigenvalue weighted by Crippen LogP contribution is -2.25. The zero-order valence-corrected chi connectivity index (χ0v) is 18.3. The maximum Gasteiger partial charge on any atom is 0.416 e. The van der Waals surface area contributed by atoms with Gasteiger partial charge in [0.1, 0.15) is 11.5 Å². The number of hydrogen-bond donors (Lipinski definition) is 2. The van der Waals surface area contributed by atoms with Crippen LogP contribution in [0.1, 0.15) is 35.9 Å². The van der Waals surface area contributed by atoms with Crippen molar-refractivity contribution in [1.29, 1.82) is 0 Å². The molecule has 1 heterocycles. The van der Waals surface area contributed by atoms with Crippen LogP contribution in [0.15, 0.2) is 65.3 Å². The highest BCUT2D eigenvalue weighted by Gasteiger charge is 2.31. The molecule has 0 spiro atoms. The standard InChI is InChI=1S/C24H23F3N2O5/c1-2-32-17-8-10-18(11-9-17)34-20-12-7-16(24(25,26)27)15-19(20)29-22(30)6-3-13-28-23(31)21-5-4-14-33-21/h4-5,7-12,14-15H,2-3,6,13H2,1H3,(H,28,31)(H,29,30). The number of amides is 2. The number of hydrogen-bond acceptors (Lipinski definition) is 5. The first-order chi connectivity index (χ1) is 16.3. The molecule has 7 nitrogen and oxygen atoms in total. The summed E-state index contributed by atoms with van der Waals surface area (Å²) >= 11 is 0.